The van der Waals surface area contributed by atoms with Gasteiger partial charge in [-0.15, -0.1) is 0 Å². The number of piperidine rings is 1. The smallest absolute Gasteiger partial charge is 0.417 e. The molecule has 1 aliphatic carbocycles. The molecule has 0 spiro atoms. The van der Waals surface area contributed by atoms with Crippen molar-refractivity contribution in [3.63, 3.8) is 0 Å². The van der Waals surface area contributed by atoms with Crippen LogP contribution >= 0.6 is 0 Å². The molecule has 4 amide bonds. The minimum Gasteiger partial charge on any atom is -0.452 e. The van der Waals surface area contributed by atoms with E-state index in [1.54, 1.807) is 24.3 Å². The lowest BCUT2D eigenvalue weighted by atomic mass is 9.98. The highest BCUT2D eigenvalue weighted by Gasteiger charge is 2.45. The van der Waals surface area contributed by atoms with Crippen LogP contribution in [-0.2, 0) is 11.3 Å². The number of methoxy groups -OCH3 is 1. The average Bonchev–Trinajstić information content (AvgIpc) is 3.78. The summed E-state index contributed by atoms with van der Waals surface area (Å²) < 4.78 is 10.9. The molecule has 3 aromatic rings. The molecule has 10 nitrogen and oxygen atoms in total. The zero-order valence-corrected chi connectivity index (χ0v) is 24.6. The number of aromatic nitrogens is 1. The van der Waals surface area contributed by atoms with E-state index in [9.17, 15) is 14.4 Å². The van der Waals surface area contributed by atoms with E-state index in [-0.39, 0.29) is 30.6 Å². The van der Waals surface area contributed by atoms with Crippen LogP contribution in [0.15, 0.2) is 66.7 Å². The molecule has 43 heavy (non-hydrogen) atoms. The first-order valence-electron chi connectivity index (χ1n) is 14.9. The number of benzene rings is 2. The van der Waals surface area contributed by atoms with Gasteiger partial charge in [0.25, 0.3) is 5.91 Å². The number of hydrogen-bond acceptors (Lipinski definition) is 7. The number of nitrogens with zero attached hydrogens (tertiary/aromatic N) is 4. The van der Waals surface area contributed by atoms with Crippen LogP contribution in [-0.4, -0.2) is 76.5 Å². The van der Waals surface area contributed by atoms with Crippen LogP contribution in [0.25, 0.3) is 0 Å². The summed E-state index contributed by atoms with van der Waals surface area (Å²) in [6.45, 7) is 4.67. The van der Waals surface area contributed by atoms with Crippen molar-refractivity contribution >= 4 is 18.0 Å². The lowest BCUT2D eigenvalue weighted by Gasteiger charge is -2.39. The minimum absolute atomic E-state index is 0.0322. The van der Waals surface area contributed by atoms with Crippen LogP contribution in [0, 0.1) is 6.92 Å². The van der Waals surface area contributed by atoms with Gasteiger partial charge in [0.15, 0.2) is 0 Å². The van der Waals surface area contributed by atoms with E-state index in [0.717, 1.165) is 62.1 Å². The standard InChI is InChI=1S/C33H37N5O5/c1-22-25(10-15-30(34-22)43-28-13-8-24(9-14-28)31(39)35-26-11-12-26)20-36-18-16-27(17-19-36)38-29(23-6-4-3-5-7-23)21-37(32(38)40)33(41)42-2/h3-10,13-15,26-27,29H,11-12,16-21H2,1-2H3,(H,35,39)/t29-/m0/s1. The highest BCUT2D eigenvalue weighted by Crippen LogP contribution is 2.35. The summed E-state index contributed by atoms with van der Waals surface area (Å²) in [4.78, 5) is 48.1. The van der Waals surface area contributed by atoms with Crippen LogP contribution in [0.1, 0.15) is 58.9 Å². The predicted octanol–water partition coefficient (Wildman–Crippen LogP) is 5.28. The van der Waals surface area contributed by atoms with Gasteiger partial charge in [-0.05, 0) is 68.0 Å². The van der Waals surface area contributed by atoms with Crippen molar-refractivity contribution in [3.8, 4) is 11.6 Å². The van der Waals surface area contributed by atoms with Gasteiger partial charge < -0.3 is 19.7 Å². The maximum absolute atomic E-state index is 13.4. The molecule has 2 aliphatic heterocycles. The molecular weight excluding hydrogens is 546 g/mol. The third kappa shape index (κ3) is 6.49. The number of amides is 4. The Labute approximate surface area is 251 Å². The molecule has 6 rings (SSSR count). The Bertz CT molecular complexity index is 1470. The van der Waals surface area contributed by atoms with E-state index in [2.05, 4.69) is 15.2 Å². The fraction of sp³-hybridized carbons (Fsp3) is 0.394. The normalized spacial score (nSPS) is 19.4. The Morgan fingerprint density at radius 2 is 1.67 bits per heavy atom. The zero-order valence-electron chi connectivity index (χ0n) is 24.6. The molecule has 0 bridgehead atoms. The Morgan fingerprint density at radius 1 is 0.953 bits per heavy atom. The summed E-state index contributed by atoms with van der Waals surface area (Å²) in [6.07, 6.45) is 3.12. The Morgan fingerprint density at radius 3 is 2.33 bits per heavy atom. The minimum atomic E-state index is -0.616. The maximum atomic E-state index is 13.4. The van der Waals surface area contributed by atoms with Gasteiger partial charge >= 0.3 is 12.1 Å². The van der Waals surface area contributed by atoms with E-state index >= 15 is 0 Å². The van der Waals surface area contributed by atoms with Crippen molar-refractivity contribution in [2.45, 2.75) is 57.3 Å². The number of carbonyl (C=O) groups excluding carboxylic acids is 3. The fourth-order valence-electron chi connectivity index (χ4n) is 5.91. The van der Waals surface area contributed by atoms with Crippen LogP contribution in [0.3, 0.4) is 0 Å². The highest BCUT2D eigenvalue weighted by molar-refractivity contribution is 5.94. The average molecular weight is 584 g/mol. The van der Waals surface area contributed by atoms with E-state index in [1.165, 1.54) is 12.0 Å². The zero-order chi connectivity index (χ0) is 29.9. The maximum Gasteiger partial charge on any atom is 0.417 e. The number of aryl methyl sites for hydroxylation is 1. The van der Waals surface area contributed by atoms with E-state index in [1.807, 2.05) is 54.3 Å². The molecule has 1 saturated carbocycles. The van der Waals surface area contributed by atoms with Crippen LogP contribution in [0.2, 0.25) is 0 Å². The molecule has 0 radical (unpaired) electrons. The summed E-state index contributed by atoms with van der Waals surface area (Å²) in [5.74, 6) is 1.08. The third-order valence-corrected chi connectivity index (χ3v) is 8.49. The van der Waals surface area contributed by atoms with Gasteiger partial charge in [0.1, 0.15) is 5.75 Å². The lowest BCUT2D eigenvalue weighted by molar-refractivity contribution is 0.0950. The number of ether oxygens (including phenoxy) is 2. The molecule has 2 saturated heterocycles. The van der Waals surface area contributed by atoms with E-state index in [4.69, 9.17) is 9.47 Å². The Balaban J connectivity index is 1.05. The molecule has 3 aliphatic rings. The van der Waals surface area contributed by atoms with Crippen LogP contribution in [0.5, 0.6) is 11.6 Å². The summed E-state index contributed by atoms with van der Waals surface area (Å²) in [5, 5.41) is 2.99. The number of likely N-dealkylation sites (tertiary alicyclic amines) is 1. The highest BCUT2D eigenvalue weighted by atomic mass is 16.5. The van der Waals surface area contributed by atoms with Crippen molar-refractivity contribution in [3.05, 3.63) is 89.1 Å². The topological polar surface area (TPSA) is 104 Å². The number of carbonyl (C=O) groups is 3. The second-order valence-corrected chi connectivity index (χ2v) is 11.5. The molecular formula is C33H37N5O5. The van der Waals surface area contributed by atoms with Crippen molar-refractivity contribution in [1.29, 1.82) is 0 Å². The SMILES string of the molecule is COC(=O)N1C[C@@H](c2ccccc2)N(C2CCN(Cc3ccc(Oc4ccc(C(=O)NC5CC5)cc4)nc3C)CC2)C1=O. The lowest BCUT2D eigenvalue weighted by Crippen LogP contribution is -2.47. The number of urea groups is 1. The quantitative estimate of drug-likeness (QED) is 0.385. The van der Waals surface area contributed by atoms with Crippen molar-refractivity contribution in [2.24, 2.45) is 0 Å². The van der Waals surface area contributed by atoms with Crippen molar-refractivity contribution in [1.82, 2.24) is 25.0 Å². The van der Waals surface area contributed by atoms with E-state index < -0.39 is 6.09 Å². The predicted molar refractivity (Wildman–Crippen MR) is 160 cm³/mol. The number of hydrogen-bond donors (Lipinski definition) is 1. The van der Waals surface area contributed by atoms with Crippen LogP contribution in [0.4, 0.5) is 9.59 Å². The second-order valence-electron chi connectivity index (χ2n) is 11.5. The first-order chi connectivity index (χ1) is 20.9. The summed E-state index contributed by atoms with van der Waals surface area (Å²) in [7, 11) is 1.30. The van der Waals surface area contributed by atoms with E-state index in [0.29, 0.717) is 23.2 Å². The largest absolute Gasteiger partial charge is 0.452 e. The molecule has 0 unspecified atom stereocenters. The van der Waals surface area contributed by atoms with Gasteiger partial charge in [-0.3, -0.25) is 9.69 Å². The molecule has 2 aromatic carbocycles. The van der Waals surface area contributed by atoms with Gasteiger partial charge in [-0.2, -0.15) is 0 Å². The van der Waals surface area contributed by atoms with Gasteiger partial charge in [-0.1, -0.05) is 36.4 Å². The molecule has 3 heterocycles. The monoisotopic (exact) mass is 583 g/mol. The third-order valence-electron chi connectivity index (χ3n) is 8.49. The molecule has 1 atom stereocenters. The van der Waals surface area contributed by atoms with Gasteiger partial charge in [-0.25, -0.2) is 19.5 Å². The number of pyridine rings is 1. The van der Waals surface area contributed by atoms with Crippen molar-refractivity contribution < 1.29 is 23.9 Å². The molecule has 1 aromatic heterocycles. The summed E-state index contributed by atoms with van der Waals surface area (Å²) in [6, 6.07) is 20.8. The molecule has 224 valence electrons. The van der Waals surface area contributed by atoms with Crippen LogP contribution < -0.4 is 10.1 Å². The Kier molecular flexibility index (Phi) is 8.29. The number of nitrogens with one attached hydrogen (secondary N) is 1. The fourth-order valence-corrected chi connectivity index (χ4v) is 5.91. The molecule has 10 heteroatoms. The first kappa shape index (κ1) is 28.7. The number of imide groups is 1. The molecule has 1 N–H and O–H groups in total. The van der Waals surface area contributed by atoms with Gasteiger partial charge in [0.05, 0.1) is 19.7 Å². The van der Waals surface area contributed by atoms with Gasteiger partial charge in [0.2, 0.25) is 5.88 Å². The van der Waals surface area contributed by atoms with Gasteiger partial charge in [0, 0.05) is 49.0 Å². The second kappa shape index (κ2) is 12.4. The first-order valence-corrected chi connectivity index (χ1v) is 14.9. The summed E-state index contributed by atoms with van der Waals surface area (Å²) >= 11 is 0. The molecule has 3 fully saturated rings. The number of rotatable bonds is 8. The summed E-state index contributed by atoms with van der Waals surface area (Å²) in [5.41, 5.74) is 3.65. The van der Waals surface area contributed by atoms with Crippen molar-refractivity contribution in [2.75, 3.05) is 26.7 Å². The Hall–Kier alpha value is -4.44.